The quantitative estimate of drug-likeness (QED) is 0.388. The predicted octanol–water partition coefficient (Wildman–Crippen LogP) is 4.38. The van der Waals surface area contributed by atoms with Crippen LogP contribution in [0.3, 0.4) is 0 Å². The lowest BCUT2D eigenvalue weighted by atomic mass is 10.1. The molecule has 1 N–H and O–H groups in total. The van der Waals surface area contributed by atoms with E-state index in [1.807, 2.05) is 79.4 Å². The van der Waals surface area contributed by atoms with Gasteiger partial charge in [0.05, 0.1) is 18.1 Å². The molecule has 5 heterocycles. The Bertz CT molecular complexity index is 1680. The first-order valence-electron chi connectivity index (χ1n) is 10.8. The van der Waals surface area contributed by atoms with Crippen molar-refractivity contribution in [2.75, 3.05) is 5.32 Å². The van der Waals surface area contributed by atoms with E-state index in [0.29, 0.717) is 22.4 Å². The Morgan fingerprint density at radius 1 is 0.886 bits per heavy atom. The summed E-state index contributed by atoms with van der Waals surface area (Å²) in [7, 11) is 3.74. The Kier molecular flexibility index (Phi) is 5.00. The molecule has 5 aromatic heterocycles. The third-order valence-corrected chi connectivity index (χ3v) is 5.94. The molecule has 35 heavy (non-hydrogen) atoms. The average Bonchev–Trinajstić information content (AvgIpc) is 3.57. The van der Waals surface area contributed by atoms with Crippen molar-refractivity contribution < 1.29 is 0 Å². The maximum atomic E-state index is 6.23. The van der Waals surface area contributed by atoms with Crippen LogP contribution in [0.1, 0.15) is 0 Å². The number of aryl methyl sites for hydroxylation is 2. The lowest BCUT2D eigenvalue weighted by Gasteiger charge is -2.08. The van der Waals surface area contributed by atoms with Gasteiger partial charge in [-0.3, -0.25) is 13.8 Å². The fourth-order valence-corrected chi connectivity index (χ4v) is 4.16. The average molecular weight is 483 g/mol. The predicted molar refractivity (Wildman–Crippen MR) is 133 cm³/mol. The van der Waals surface area contributed by atoms with Crippen LogP contribution in [0.15, 0.2) is 73.3 Å². The molecule has 0 saturated heterocycles. The van der Waals surface area contributed by atoms with E-state index < -0.39 is 0 Å². The molecule has 172 valence electrons. The molecule has 0 unspecified atom stereocenters. The summed E-state index contributed by atoms with van der Waals surface area (Å²) in [5.74, 6) is 1.96. The van der Waals surface area contributed by atoms with Crippen LogP contribution >= 0.6 is 11.6 Å². The van der Waals surface area contributed by atoms with Crippen molar-refractivity contribution in [3.05, 3.63) is 78.3 Å². The maximum absolute atomic E-state index is 6.23. The molecular weight excluding hydrogens is 464 g/mol. The van der Waals surface area contributed by atoms with Gasteiger partial charge in [-0.25, -0.2) is 9.97 Å². The van der Waals surface area contributed by atoms with Gasteiger partial charge in [-0.15, -0.1) is 10.2 Å². The van der Waals surface area contributed by atoms with E-state index in [9.17, 15) is 0 Å². The smallest absolute Gasteiger partial charge is 0.228 e. The third-order valence-electron chi connectivity index (χ3n) is 5.71. The lowest BCUT2D eigenvalue weighted by Crippen LogP contribution is -2.03. The molecular formula is C24H19ClN10. The number of pyridine rings is 1. The van der Waals surface area contributed by atoms with E-state index in [1.165, 1.54) is 0 Å². The summed E-state index contributed by atoms with van der Waals surface area (Å²) < 4.78 is 5.45. The fourth-order valence-electron chi connectivity index (χ4n) is 3.97. The van der Waals surface area contributed by atoms with Crippen LogP contribution < -0.4 is 5.32 Å². The normalized spacial score (nSPS) is 11.3. The van der Waals surface area contributed by atoms with E-state index in [1.54, 1.807) is 21.8 Å². The Labute approximate surface area is 204 Å². The second kappa shape index (κ2) is 8.33. The molecule has 0 bridgehead atoms. The molecule has 6 rings (SSSR count). The molecule has 10 nitrogen and oxygen atoms in total. The number of anilines is 2. The highest BCUT2D eigenvalue weighted by Gasteiger charge is 2.19. The number of nitrogens with one attached hydrogen (secondary N) is 1. The summed E-state index contributed by atoms with van der Waals surface area (Å²) in [4.78, 5) is 8.97. The Morgan fingerprint density at radius 2 is 1.80 bits per heavy atom. The molecule has 0 aliphatic heterocycles. The topological polar surface area (TPSA) is 104 Å². The van der Waals surface area contributed by atoms with E-state index in [0.717, 1.165) is 33.9 Å². The second-order valence-electron chi connectivity index (χ2n) is 7.94. The summed E-state index contributed by atoms with van der Waals surface area (Å²) in [5.41, 5.74) is 5.08. The van der Waals surface area contributed by atoms with Crippen LogP contribution in [-0.4, -0.2) is 44.1 Å². The summed E-state index contributed by atoms with van der Waals surface area (Å²) >= 11 is 6.23. The zero-order valence-electron chi connectivity index (χ0n) is 18.8. The Balaban J connectivity index is 1.38. The van der Waals surface area contributed by atoms with Gasteiger partial charge in [0.25, 0.3) is 0 Å². The molecule has 0 atom stereocenters. The largest absolute Gasteiger partial charge is 0.309 e. The van der Waals surface area contributed by atoms with Crippen LogP contribution in [0, 0.1) is 0 Å². The van der Waals surface area contributed by atoms with Crippen molar-refractivity contribution >= 4 is 29.0 Å². The zero-order chi connectivity index (χ0) is 23.9. The number of hydrogen-bond donors (Lipinski definition) is 1. The Morgan fingerprint density at radius 3 is 2.63 bits per heavy atom. The van der Waals surface area contributed by atoms with Crippen molar-refractivity contribution in [3.8, 4) is 33.9 Å². The van der Waals surface area contributed by atoms with Crippen LogP contribution in [0.4, 0.5) is 11.8 Å². The van der Waals surface area contributed by atoms with Crippen LogP contribution in [0.5, 0.6) is 0 Å². The molecule has 0 amide bonds. The van der Waals surface area contributed by atoms with Gasteiger partial charge in [-0.05, 0) is 35.9 Å². The highest BCUT2D eigenvalue weighted by molar-refractivity contribution is 6.30. The van der Waals surface area contributed by atoms with Gasteiger partial charge in [-0.1, -0.05) is 23.7 Å². The van der Waals surface area contributed by atoms with Gasteiger partial charge in [0.15, 0.2) is 11.5 Å². The fraction of sp³-hybridized carbons (Fsp3) is 0.0833. The number of benzene rings is 1. The van der Waals surface area contributed by atoms with Gasteiger partial charge >= 0.3 is 0 Å². The molecule has 1 aromatic carbocycles. The number of halogens is 1. The van der Waals surface area contributed by atoms with Gasteiger partial charge in [0, 0.05) is 48.7 Å². The van der Waals surface area contributed by atoms with Gasteiger partial charge in [-0.2, -0.15) is 10.2 Å². The van der Waals surface area contributed by atoms with Crippen molar-refractivity contribution in [1.82, 2.24) is 44.1 Å². The van der Waals surface area contributed by atoms with E-state index in [4.69, 9.17) is 11.6 Å². The minimum atomic E-state index is 0.481. The summed E-state index contributed by atoms with van der Waals surface area (Å²) in [5, 5.41) is 21.4. The van der Waals surface area contributed by atoms with Crippen molar-refractivity contribution in [3.63, 3.8) is 0 Å². The summed E-state index contributed by atoms with van der Waals surface area (Å²) in [6.07, 6.45) is 7.18. The first-order chi connectivity index (χ1) is 17.1. The highest BCUT2D eigenvalue weighted by atomic mass is 35.5. The SMILES string of the molecule is Cn1nccc1Nc1nccc(-c2ccn3c(-c4c(-c5cccc(Cl)c5)cnn4C)nnc3c2)n1. The number of aromatic nitrogens is 9. The zero-order valence-corrected chi connectivity index (χ0v) is 19.6. The first kappa shape index (κ1) is 21.0. The standard InChI is InChI=1S/C24H19ClN10/c1-33-20(7-10-27-33)30-24-26-9-6-19(29-24)16-8-11-35-21(13-16)31-32-23(35)22-18(14-28-34(22)2)15-4-3-5-17(25)12-15/h3-14H,1-2H3,(H,26,29,30). The van der Waals surface area contributed by atoms with Crippen molar-refractivity contribution in [1.29, 1.82) is 0 Å². The Hall–Kier alpha value is -4.57. The lowest BCUT2D eigenvalue weighted by molar-refractivity contribution is 0.768. The van der Waals surface area contributed by atoms with Crippen molar-refractivity contribution in [2.45, 2.75) is 0 Å². The van der Waals surface area contributed by atoms with Crippen LogP contribution in [0.2, 0.25) is 5.02 Å². The van der Waals surface area contributed by atoms with E-state index >= 15 is 0 Å². The van der Waals surface area contributed by atoms with E-state index in [2.05, 4.69) is 35.7 Å². The number of nitrogens with zero attached hydrogens (tertiary/aromatic N) is 9. The molecule has 0 aliphatic carbocycles. The van der Waals surface area contributed by atoms with Crippen LogP contribution in [0.25, 0.3) is 39.5 Å². The second-order valence-corrected chi connectivity index (χ2v) is 8.38. The number of hydrogen-bond acceptors (Lipinski definition) is 7. The number of rotatable bonds is 5. The van der Waals surface area contributed by atoms with E-state index in [-0.39, 0.29) is 0 Å². The molecule has 0 fully saturated rings. The molecule has 11 heteroatoms. The first-order valence-corrected chi connectivity index (χ1v) is 11.2. The summed E-state index contributed by atoms with van der Waals surface area (Å²) in [6.45, 7) is 0. The summed E-state index contributed by atoms with van der Waals surface area (Å²) in [6, 6.07) is 15.3. The van der Waals surface area contributed by atoms with Gasteiger partial charge < -0.3 is 5.32 Å². The molecule has 0 spiro atoms. The van der Waals surface area contributed by atoms with Gasteiger partial charge in [0.2, 0.25) is 5.95 Å². The molecule has 0 saturated carbocycles. The minimum absolute atomic E-state index is 0.481. The number of fused-ring (bicyclic) bond motifs is 1. The van der Waals surface area contributed by atoms with Crippen molar-refractivity contribution in [2.24, 2.45) is 14.1 Å². The molecule has 6 aromatic rings. The van der Waals surface area contributed by atoms with Crippen LogP contribution in [-0.2, 0) is 14.1 Å². The third kappa shape index (κ3) is 3.79. The maximum Gasteiger partial charge on any atom is 0.228 e. The minimum Gasteiger partial charge on any atom is -0.309 e. The molecule has 0 radical (unpaired) electrons. The van der Waals surface area contributed by atoms with Gasteiger partial charge in [0.1, 0.15) is 11.5 Å². The molecule has 0 aliphatic rings. The monoisotopic (exact) mass is 482 g/mol. The highest BCUT2D eigenvalue weighted by Crippen LogP contribution is 2.32.